The molecule has 2 aromatic rings. The standard InChI is InChI=1S/C26H33N7O6/c27-22-18-23(33(13-28-18)25-20(35)19(34)21(39-25)24(36)29-16-6-7-16)31-17(30-22)3-1-2-14-8-10-32(11-9-14)26(37)38-12-15-4-5-15/h13-16,19-21,25,34-35H,2,4-12H2,(H,29,36)(H2,27,30,31)/t19?,20?,21-,25+/m0/s1. The second-order valence-electron chi connectivity index (χ2n) is 10.9. The van der Waals surface area contributed by atoms with Crippen molar-refractivity contribution in [2.45, 2.75) is 75.5 Å². The first kappa shape index (κ1) is 25.8. The molecule has 2 aromatic heterocycles. The number of nitrogens with two attached hydrogens (primary N) is 1. The van der Waals surface area contributed by atoms with E-state index in [1.54, 1.807) is 4.90 Å². The van der Waals surface area contributed by atoms with Gasteiger partial charge in [0.1, 0.15) is 17.7 Å². The molecule has 208 valence electrons. The molecule has 0 bridgehead atoms. The van der Waals surface area contributed by atoms with Gasteiger partial charge in [0, 0.05) is 25.6 Å². The smallest absolute Gasteiger partial charge is 0.409 e. The maximum Gasteiger partial charge on any atom is 0.409 e. The molecule has 2 aliphatic carbocycles. The highest BCUT2D eigenvalue weighted by atomic mass is 16.6. The van der Waals surface area contributed by atoms with Crippen molar-refractivity contribution in [2.24, 2.45) is 11.8 Å². The molecule has 2 amide bonds. The average molecular weight is 540 g/mol. The molecule has 0 spiro atoms. The Hall–Kier alpha value is -3.47. The molecular weight excluding hydrogens is 506 g/mol. The third kappa shape index (κ3) is 5.63. The number of fused-ring (bicyclic) bond motifs is 1. The lowest BCUT2D eigenvalue weighted by Crippen LogP contribution is -2.43. The molecule has 4 aliphatic rings. The Morgan fingerprint density at radius 1 is 1.10 bits per heavy atom. The van der Waals surface area contributed by atoms with E-state index in [1.165, 1.54) is 10.9 Å². The van der Waals surface area contributed by atoms with Crippen molar-refractivity contribution in [3.8, 4) is 11.8 Å². The Labute approximate surface area is 225 Å². The molecule has 6 rings (SSSR count). The van der Waals surface area contributed by atoms with Crippen molar-refractivity contribution in [2.75, 3.05) is 25.4 Å². The molecule has 13 nitrogen and oxygen atoms in total. The molecule has 39 heavy (non-hydrogen) atoms. The van der Waals surface area contributed by atoms with Gasteiger partial charge in [-0.3, -0.25) is 9.36 Å². The van der Waals surface area contributed by atoms with E-state index in [-0.39, 0.29) is 29.4 Å². The number of aromatic nitrogens is 4. The van der Waals surface area contributed by atoms with Gasteiger partial charge < -0.3 is 35.6 Å². The highest BCUT2D eigenvalue weighted by Crippen LogP contribution is 2.33. The van der Waals surface area contributed by atoms with Crippen LogP contribution >= 0.6 is 0 Å². The highest BCUT2D eigenvalue weighted by Gasteiger charge is 2.48. The van der Waals surface area contributed by atoms with E-state index in [0.29, 0.717) is 43.5 Å². The van der Waals surface area contributed by atoms with Gasteiger partial charge in [0.2, 0.25) is 5.82 Å². The van der Waals surface area contributed by atoms with Crippen LogP contribution in [-0.2, 0) is 14.3 Å². The average Bonchev–Trinajstić information content (AvgIpc) is 3.86. The molecule has 0 aromatic carbocycles. The molecule has 2 saturated heterocycles. The number of nitrogens with zero attached hydrogens (tertiary/aromatic N) is 5. The summed E-state index contributed by atoms with van der Waals surface area (Å²) in [4.78, 5) is 39.4. The number of hydrogen-bond acceptors (Lipinski definition) is 10. The summed E-state index contributed by atoms with van der Waals surface area (Å²) in [6.45, 7) is 1.83. The van der Waals surface area contributed by atoms with E-state index in [9.17, 15) is 19.8 Å². The van der Waals surface area contributed by atoms with Gasteiger partial charge >= 0.3 is 6.09 Å². The van der Waals surface area contributed by atoms with Crippen molar-refractivity contribution in [1.82, 2.24) is 29.7 Å². The number of amides is 2. The third-order valence-electron chi connectivity index (χ3n) is 7.75. The van der Waals surface area contributed by atoms with Gasteiger partial charge in [0.25, 0.3) is 5.91 Å². The van der Waals surface area contributed by atoms with Crippen molar-refractivity contribution >= 4 is 29.0 Å². The Morgan fingerprint density at radius 2 is 1.87 bits per heavy atom. The fraction of sp³-hybridized carbons (Fsp3) is 0.654. The summed E-state index contributed by atoms with van der Waals surface area (Å²) in [7, 11) is 0. The molecular formula is C26H33N7O6. The number of aliphatic hydroxyl groups excluding tert-OH is 2. The van der Waals surface area contributed by atoms with Crippen molar-refractivity contribution in [3.63, 3.8) is 0 Å². The first-order chi connectivity index (χ1) is 18.9. The molecule has 2 unspecified atom stereocenters. The fourth-order valence-corrected chi connectivity index (χ4v) is 4.96. The molecule has 2 aliphatic heterocycles. The minimum Gasteiger partial charge on any atom is -0.449 e. The zero-order chi connectivity index (χ0) is 27.1. The van der Waals surface area contributed by atoms with Crippen molar-refractivity contribution < 1.29 is 29.3 Å². The summed E-state index contributed by atoms with van der Waals surface area (Å²) in [6.07, 6.45) is 2.47. The monoisotopic (exact) mass is 539 g/mol. The number of imidazole rings is 1. The minimum absolute atomic E-state index is 0.0910. The highest BCUT2D eigenvalue weighted by molar-refractivity contribution is 5.83. The SMILES string of the molecule is Nc1nc(C#CCC2CCN(C(=O)OCC3CC3)CC2)nc2c1ncn2[C@@H]1O[C@H](C(=O)NC2CC2)C(O)C1O. The maximum absolute atomic E-state index is 12.5. The number of carbonyl (C=O) groups is 2. The number of anilines is 1. The van der Waals surface area contributed by atoms with E-state index in [4.69, 9.17) is 15.2 Å². The molecule has 0 radical (unpaired) electrons. The van der Waals surface area contributed by atoms with E-state index >= 15 is 0 Å². The number of piperidine rings is 1. The largest absolute Gasteiger partial charge is 0.449 e. The molecule has 13 heteroatoms. The van der Waals surface area contributed by atoms with Gasteiger partial charge in [-0.1, -0.05) is 5.92 Å². The lowest BCUT2D eigenvalue weighted by atomic mass is 9.94. The number of likely N-dealkylation sites (tertiary alicyclic amines) is 1. The first-order valence-corrected chi connectivity index (χ1v) is 13.6. The number of aliphatic hydroxyl groups is 2. The van der Waals surface area contributed by atoms with Gasteiger partial charge in [-0.25, -0.2) is 19.7 Å². The minimum atomic E-state index is -1.41. The van der Waals surface area contributed by atoms with Crippen LogP contribution in [0.5, 0.6) is 0 Å². The van der Waals surface area contributed by atoms with Crippen LogP contribution < -0.4 is 11.1 Å². The fourth-order valence-electron chi connectivity index (χ4n) is 4.96. The van der Waals surface area contributed by atoms with Crippen LogP contribution in [0.25, 0.3) is 11.2 Å². The summed E-state index contributed by atoms with van der Waals surface area (Å²) >= 11 is 0. The quantitative estimate of drug-likeness (QED) is 0.373. The van der Waals surface area contributed by atoms with Crippen LogP contribution in [0.2, 0.25) is 0 Å². The number of ether oxygens (including phenoxy) is 2. The van der Waals surface area contributed by atoms with E-state index < -0.39 is 30.4 Å². The van der Waals surface area contributed by atoms with Gasteiger partial charge in [-0.2, -0.15) is 0 Å². The van der Waals surface area contributed by atoms with Crippen LogP contribution in [0.15, 0.2) is 6.33 Å². The molecule has 4 atom stereocenters. The first-order valence-electron chi connectivity index (χ1n) is 13.6. The summed E-state index contributed by atoms with van der Waals surface area (Å²) in [5.41, 5.74) is 6.70. The van der Waals surface area contributed by atoms with Gasteiger partial charge in [0.05, 0.1) is 12.9 Å². The number of nitrogens with one attached hydrogen (secondary N) is 1. The maximum atomic E-state index is 12.5. The predicted octanol–water partition coefficient (Wildman–Crippen LogP) is 0.307. The van der Waals surface area contributed by atoms with Crippen LogP contribution in [0.3, 0.4) is 0 Å². The number of carbonyl (C=O) groups excluding carboxylic acids is 2. The lowest BCUT2D eigenvalue weighted by molar-refractivity contribution is -0.137. The Kier molecular flexibility index (Phi) is 7.01. The van der Waals surface area contributed by atoms with Gasteiger partial charge in [-0.05, 0) is 56.3 Å². The summed E-state index contributed by atoms with van der Waals surface area (Å²) in [5.74, 6) is 6.85. The third-order valence-corrected chi connectivity index (χ3v) is 7.75. The Morgan fingerprint density at radius 3 is 2.59 bits per heavy atom. The number of nitrogen functional groups attached to an aromatic ring is 1. The van der Waals surface area contributed by atoms with Gasteiger partial charge in [0.15, 0.2) is 23.8 Å². The normalized spacial score (nSPS) is 27.3. The summed E-state index contributed by atoms with van der Waals surface area (Å²) in [6, 6.07) is 0.0910. The summed E-state index contributed by atoms with van der Waals surface area (Å²) in [5, 5.41) is 23.9. The topological polar surface area (TPSA) is 178 Å². The number of rotatable bonds is 6. The Balaban J connectivity index is 1.09. The van der Waals surface area contributed by atoms with Gasteiger partial charge in [-0.15, -0.1) is 0 Å². The van der Waals surface area contributed by atoms with Crippen LogP contribution in [0.1, 0.15) is 57.0 Å². The summed E-state index contributed by atoms with van der Waals surface area (Å²) < 4.78 is 12.6. The Bertz CT molecular complexity index is 1310. The zero-order valence-corrected chi connectivity index (χ0v) is 21.5. The molecule has 2 saturated carbocycles. The van der Waals surface area contributed by atoms with E-state index in [2.05, 4.69) is 32.1 Å². The predicted molar refractivity (Wildman–Crippen MR) is 137 cm³/mol. The van der Waals surface area contributed by atoms with Crippen molar-refractivity contribution in [1.29, 1.82) is 0 Å². The van der Waals surface area contributed by atoms with E-state index in [0.717, 1.165) is 38.5 Å². The van der Waals surface area contributed by atoms with E-state index in [1.807, 2.05) is 0 Å². The second-order valence-corrected chi connectivity index (χ2v) is 10.9. The zero-order valence-electron chi connectivity index (χ0n) is 21.5. The molecule has 4 heterocycles. The van der Waals surface area contributed by atoms with Crippen LogP contribution in [0, 0.1) is 23.7 Å². The molecule has 4 fully saturated rings. The molecule has 5 N–H and O–H groups in total. The second kappa shape index (κ2) is 10.6. The lowest BCUT2D eigenvalue weighted by Gasteiger charge is -2.30. The van der Waals surface area contributed by atoms with Crippen molar-refractivity contribution in [3.05, 3.63) is 12.2 Å². The number of hydrogen-bond donors (Lipinski definition) is 4. The van der Waals surface area contributed by atoms with Crippen LogP contribution in [0.4, 0.5) is 10.6 Å². The van der Waals surface area contributed by atoms with Crippen LogP contribution in [-0.4, -0.2) is 90.7 Å².